The highest BCUT2D eigenvalue weighted by atomic mass is 32.2. The highest BCUT2D eigenvalue weighted by Gasteiger charge is 2.22. The van der Waals surface area contributed by atoms with Gasteiger partial charge < -0.3 is 9.52 Å². The lowest BCUT2D eigenvalue weighted by Gasteiger charge is -2.13. The fourth-order valence-electron chi connectivity index (χ4n) is 2.24. The van der Waals surface area contributed by atoms with Crippen LogP contribution in [0.5, 0.6) is 0 Å². The number of hydrogen-bond donors (Lipinski definition) is 2. The second kappa shape index (κ2) is 5.49. The van der Waals surface area contributed by atoms with Crippen LogP contribution in [0.1, 0.15) is 33.0 Å². The molecule has 2 N–H and O–H groups in total. The molecule has 1 aromatic heterocycles. The van der Waals surface area contributed by atoms with Gasteiger partial charge in [-0.3, -0.25) is 4.72 Å². The lowest BCUT2D eigenvalue weighted by atomic mass is 10.0. The zero-order valence-corrected chi connectivity index (χ0v) is 13.5. The molecular formula is C15H17NO5S. The molecule has 22 heavy (non-hydrogen) atoms. The number of hydrogen-bond acceptors (Lipinski definition) is 4. The van der Waals surface area contributed by atoms with Gasteiger partial charge in [-0.05, 0) is 51.0 Å². The van der Waals surface area contributed by atoms with E-state index in [0.717, 1.165) is 0 Å². The first-order chi connectivity index (χ1) is 10.1. The monoisotopic (exact) mass is 323 g/mol. The van der Waals surface area contributed by atoms with Crippen LogP contribution in [0.3, 0.4) is 0 Å². The minimum Gasteiger partial charge on any atom is -0.478 e. The molecule has 0 fully saturated rings. The molecule has 2 aromatic rings. The van der Waals surface area contributed by atoms with Gasteiger partial charge in [0.1, 0.15) is 16.4 Å². The molecule has 0 radical (unpaired) electrons. The van der Waals surface area contributed by atoms with Crippen molar-refractivity contribution in [3.8, 4) is 0 Å². The van der Waals surface area contributed by atoms with Gasteiger partial charge in [-0.1, -0.05) is 0 Å². The summed E-state index contributed by atoms with van der Waals surface area (Å²) in [5, 5.41) is 9.08. The molecule has 0 aliphatic carbocycles. The zero-order chi connectivity index (χ0) is 16.7. The summed E-state index contributed by atoms with van der Waals surface area (Å²) in [6, 6.07) is 4.28. The van der Waals surface area contributed by atoms with E-state index >= 15 is 0 Å². The molecule has 0 amide bonds. The van der Waals surface area contributed by atoms with E-state index in [1.165, 1.54) is 18.2 Å². The van der Waals surface area contributed by atoms with Crippen molar-refractivity contribution in [2.75, 3.05) is 4.72 Å². The van der Waals surface area contributed by atoms with E-state index in [1.807, 2.05) is 0 Å². The molecule has 0 saturated heterocycles. The van der Waals surface area contributed by atoms with Gasteiger partial charge in [0, 0.05) is 6.07 Å². The van der Waals surface area contributed by atoms with Gasteiger partial charge in [-0.2, -0.15) is 0 Å². The molecule has 1 aromatic carbocycles. The second-order valence-corrected chi connectivity index (χ2v) is 6.75. The Bertz CT molecular complexity index is 849. The fraction of sp³-hybridized carbons (Fsp3) is 0.267. The number of aromatic carboxylic acids is 1. The Morgan fingerprint density at radius 3 is 2.27 bits per heavy atom. The van der Waals surface area contributed by atoms with Crippen molar-refractivity contribution in [2.45, 2.75) is 32.6 Å². The predicted molar refractivity (Wildman–Crippen MR) is 81.9 cm³/mol. The molecule has 0 atom stereocenters. The van der Waals surface area contributed by atoms with Crippen molar-refractivity contribution in [1.29, 1.82) is 0 Å². The van der Waals surface area contributed by atoms with Crippen LogP contribution in [0.15, 0.2) is 27.5 Å². The molecule has 0 aliphatic rings. The summed E-state index contributed by atoms with van der Waals surface area (Å²) in [7, 11) is -3.79. The number of sulfonamides is 1. The van der Waals surface area contributed by atoms with E-state index in [0.29, 0.717) is 28.3 Å². The molecule has 118 valence electrons. The van der Waals surface area contributed by atoms with Gasteiger partial charge >= 0.3 is 5.97 Å². The third-order valence-electron chi connectivity index (χ3n) is 3.55. The van der Waals surface area contributed by atoms with Crippen LogP contribution < -0.4 is 4.72 Å². The van der Waals surface area contributed by atoms with Crippen LogP contribution >= 0.6 is 0 Å². The summed E-state index contributed by atoms with van der Waals surface area (Å²) in [5.41, 5.74) is 1.59. The maximum absolute atomic E-state index is 12.4. The van der Waals surface area contributed by atoms with Crippen LogP contribution in [0.4, 0.5) is 5.69 Å². The van der Waals surface area contributed by atoms with E-state index in [-0.39, 0.29) is 10.5 Å². The number of carboxylic acids is 1. The summed E-state index contributed by atoms with van der Waals surface area (Å²) in [4.78, 5) is 11.2. The van der Waals surface area contributed by atoms with E-state index in [1.54, 1.807) is 27.7 Å². The van der Waals surface area contributed by atoms with Gasteiger partial charge in [-0.25, -0.2) is 13.2 Å². The Morgan fingerprint density at radius 2 is 1.77 bits per heavy atom. The highest BCUT2D eigenvalue weighted by Crippen LogP contribution is 2.27. The summed E-state index contributed by atoms with van der Waals surface area (Å²) < 4.78 is 32.6. The van der Waals surface area contributed by atoms with Crippen molar-refractivity contribution in [2.24, 2.45) is 0 Å². The minimum absolute atomic E-state index is 0.0735. The van der Waals surface area contributed by atoms with Gasteiger partial charge in [-0.15, -0.1) is 0 Å². The standard InChI is InChI=1S/C15H17NO5S/c1-8-7-14(11(4)21-8)22(19,20)16-13-6-5-12(15(17)18)9(2)10(13)3/h5-7,16H,1-4H3,(H,17,18). The molecule has 0 aliphatic heterocycles. The number of aryl methyl sites for hydroxylation is 2. The number of rotatable bonds is 4. The number of nitrogens with one attached hydrogen (secondary N) is 1. The van der Waals surface area contributed by atoms with Gasteiger partial charge in [0.25, 0.3) is 10.0 Å². The molecule has 0 bridgehead atoms. The molecule has 0 saturated carbocycles. The molecule has 0 unspecified atom stereocenters. The third-order valence-corrected chi connectivity index (χ3v) is 5.02. The predicted octanol–water partition coefficient (Wildman–Crippen LogP) is 3.01. The molecule has 6 nitrogen and oxygen atoms in total. The minimum atomic E-state index is -3.79. The maximum Gasteiger partial charge on any atom is 0.335 e. The first-order valence-electron chi connectivity index (χ1n) is 6.57. The van der Waals surface area contributed by atoms with Crippen molar-refractivity contribution >= 4 is 21.7 Å². The average molecular weight is 323 g/mol. The van der Waals surface area contributed by atoms with Gasteiger partial charge in [0.15, 0.2) is 0 Å². The molecular weight excluding hydrogens is 306 g/mol. The van der Waals surface area contributed by atoms with Crippen molar-refractivity contribution in [3.05, 3.63) is 46.4 Å². The SMILES string of the molecule is Cc1cc(S(=O)(=O)Nc2ccc(C(=O)O)c(C)c2C)c(C)o1. The fourth-order valence-corrected chi connectivity index (χ4v) is 3.60. The van der Waals surface area contributed by atoms with Gasteiger partial charge in [0.2, 0.25) is 0 Å². The summed E-state index contributed by atoms with van der Waals surface area (Å²) in [6.45, 7) is 6.56. The van der Waals surface area contributed by atoms with E-state index < -0.39 is 16.0 Å². The molecule has 7 heteroatoms. The highest BCUT2D eigenvalue weighted by molar-refractivity contribution is 7.92. The van der Waals surface area contributed by atoms with Crippen LogP contribution in [0.2, 0.25) is 0 Å². The van der Waals surface area contributed by atoms with Crippen LogP contribution in [0, 0.1) is 27.7 Å². The van der Waals surface area contributed by atoms with E-state index in [4.69, 9.17) is 9.52 Å². The topological polar surface area (TPSA) is 96.6 Å². The first-order valence-corrected chi connectivity index (χ1v) is 8.05. The Balaban J connectivity index is 2.45. The largest absolute Gasteiger partial charge is 0.478 e. The number of furan rings is 1. The molecule has 1 heterocycles. The molecule has 0 spiro atoms. The molecule has 2 rings (SSSR count). The van der Waals surface area contributed by atoms with E-state index in [9.17, 15) is 13.2 Å². The van der Waals surface area contributed by atoms with Crippen LogP contribution in [0.25, 0.3) is 0 Å². The average Bonchev–Trinajstić information content (AvgIpc) is 2.74. The normalized spacial score (nSPS) is 11.5. The first kappa shape index (κ1) is 16.1. The van der Waals surface area contributed by atoms with Crippen molar-refractivity contribution < 1.29 is 22.7 Å². The lowest BCUT2D eigenvalue weighted by molar-refractivity contribution is 0.0696. The van der Waals surface area contributed by atoms with Crippen molar-refractivity contribution in [1.82, 2.24) is 0 Å². The summed E-state index contributed by atoms with van der Waals surface area (Å²) >= 11 is 0. The Hall–Kier alpha value is -2.28. The quantitative estimate of drug-likeness (QED) is 0.901. The summed E-state index contributed by atoms with van der Waals surface area (Å²) in [6.07, 6.45) is 0. The Kier molecular flexibility index (Phi) is 4.02. The van der Waals surface area contributed by atoms with Gasteiger partial charge in [0.05, 0.1) is 11.3 Å². The Labute approximate surface area is 128 Å². The second-order valence-electron chi connectivity index (χ2n) is 5.10. The number of benzene rings is 1. The lowest BCUT2D eigenvalue weighted by Crippen LogP contribution is -2.15. The van der Waals surface area contributed by atoms with E-state index in [2.05, 4.69) is 4.72 Å². The number of carboxylic acid groups (broad SMARTS) is 1. The summed E-state index contributed by atoms with van der Waals surface area (Å²) in [5.74, 6) is -0.232. The third kappa shape index (κ3) is 2.85. The number of anilines is 1. The van der Waals surface area contributed by atoms with Crippen LogP contribution in [-0.2, 0) is 10.0 Å². The number of carbonyl (C=O) groups is 1. The van der Waals surface area contributed by atoms with Crippen LogP contribution in [-0.4, -0.2) is 19.5 Å². The smallest absolute Gasteiger partial charge is 0.335 e. The maximum atomic E-state index is 12.4. The van der Waals surface area contributed by atoms with Crippen molar-refractivity contribution in [3.63, 3.8) is 0 Å². The Morgan fingerprint density at radius 1 is 1.14 bits per heavy atom. The zero-order valence-electron chi connectivity index (χ0n) is 12.7.